The lowest BCUT2D eigenvalue weighted by Crippen LogP contribution is -2.49. The molecule has 0 radical (unpaired) electrons. The quantitative estimate of drug-likeness (QED) is 0.589. The number of aryl methyl sites for hydroxylation is 1. The van der Waals surface area contributed by atoms with Crippen LogP contribution >= 0.6 is 11.6 Å². The van der Waals surface area contributed by atoms with Crippen LogP contribution in [0.2, 0.25) is 5.02 Å². The molecule has 4 rings (SSSR count). The van der Waals surface area contributed by atoms with E-state index in [-0.39, 0.29) is 25.7 Å². The molecular weight excluding hydrogens is 466 g/mol. The van der Waals surface area contributed by atoms with E-state index >= 15 is 0 Å². The van der Waals surface area contributed by atoms with Crippen LogP contribution in [0.1, 0.15) is 18.4 Å². The Morgan fingerprint density at radius 3 is 2.52 bits per heavy atom. The van der Waals surface area contributed by atoms with Gasteiger partial charge in [-0.05, 0) is 43.2 Å². The first-order chi connectivity index (χ1) is 15.7. The first-order valence-electron chi connectivity index (χ1n) is 10.9. The number of hydrogen-bond acceptors (Lipinski definition) is 6. The number of sulfonamides is 1. The topological polar surface area (TPSA) is 79.4 Å². The van der Waals surface area contributed by atoms with E-state index in [1.54, 1.807) is 18.2 Å². The predicted octanol–water partition coefficient (Wildman–Crippen LogP) is 3.27. The molecule has 178 valence electrons. The minimum Gasteiger partial charge on any atom is -0.454 e. The monoisotopic (exact) mass is 493 g/mol. The van der Waals surface area contributed by atoms with Crippen molar-refractivity contribution >= 4 is 38.9 Å². The zero-order valence-electron chi connectivity index (χ0n) is 18.8. The van der Waals surface area contributed by atoms with Crippen LogP contribution in [0.5, 0.6) is 11.5 Å². The second kappa shape index (κ2) is 9.69. The van der Waals surface area contributed by atoms with E-state index in [9.17, 15) is 13.2 Å². The van der Waals surface area contributed by atoms with Gasteiger partial charge in [0.1, 0.15) is 0 Å². The normalized spacial score (nSPS) is 15.6. The number of halogens is 1. The van der Waals surface area contributed by atoms with Crippen molar-refractivity contribution in [2.24, 2.45) is 0 Å². The zero-order chi connectivity index (χ0) is 23.6. The van der Waals surface area contributed by atoms with Crippen LogP contribution in [0.3, 0.4) is 0 Å². The van der Waals surface area contributed by atoms with Crippen molar-refractivity contribution in [3.63, 3.8) is 0 Å². The SMILES string of the molecule is Cc1ccc(Cl)cc1N1CCN(C(=O)CCCN(c2ccc3c(c2)OCO3)S(C)(=O)=O)CC1. The Balaban J connectivity index is 1.31. The van der Waals surface area contributed by atoms with Crippen molar-refractivity contribution < 1.29 is 22.7 Å². The molecule has 1 saturated heterocycles. The molecule has 0 saturated carbocycles. The zero-order valence-corrected chi connectivity index (χ0v) is 20.4. The largest absolute Gasteiger partial charge is 0.454 e. The number of rotatable bonds is 7. The number of nitrogens with zero attached hydrogens (tertiary/aromatic N) is 3. The molecule has 0 aliphatic carbocycles. The highest BCUT2D eigenvalue weighted by Gasteiger charge is 2.24. The first-order valence-corrected chi connectivity index (χ1v) is 13.1. The molecule has 2 aliphatic rings. The van der Waals surface area contributed by atoms with E-state index in [0.717, 1.165) is 30.6 Å². The average molecular weight is 494 g/mol. The van der Waals surface area contributed by atoms with Crippen molar-refractivity contribution in [1.29, 1.82) is 0 Å². The second-order valence-electron chi connectivity index (χ2n) is 8.27. The number of carbonyl (C=O) groups excluding carboxylic acids is 1. The maximum Gasteiger partial charge on any atom is 0.232 e. The lowest BCUT2D eigenvalue weighted by molar-refractivity contribution is -0.131. The summed E-state index contributed by atoms with van der Waals surface area (Å²) in [4.78, 5) is 16.9. The predicted molar refractivity (Wildman–Crippen MR) is 129 cm³/mol. The van der Waals surface area contributed by atoms with Crippen molar-refractivity contribution in [3.05, 3.63) is 47.0 Å². The van der Waals surface area contributed by atoms with Crippen LogP contribution < -0.4 is 18.7 Å². The van der Waals surface area contributed by atoms with Gasteiger partial charge in [0.2, 0.25) is 22.7 Å². The molecule has 1 fully saturated rings. The van der Waals surface area contributed by atoms with Crippen molar-refractivity contribution in [2.75, 3.05) is 55.0 Å². The molecule has 2 heterocycles. The molecule has 10 heteroatoms. The van der Waals surface area contributed by atoms with Crippen LogP contribution in [0.15, 0.2) is 36.4 Å². The summed E-state index contributed by atoms with van der Waals surface area (Å²) in [6.45, 7) is 5.11. The lowest BCUT2D eigenvalue weighted by atomic mass is 10.1. The van der Waals surface area contributed by atoms with Gasteiger partial charge in [0.25, 0.3) is 0 Å². The highest BCUT2D eigenvalue weighted by atomic mass is 35.5. The number of ether oxygens (including phenoxy) is 2. The Labute approximate surface area is 199 Å². The van der Waals surface area contributed by atoms with E-state index in [0.29, 0.717) is 41.7 Å². The number of hydrogen-bond donors (Lipinski definition) is 0. The number of anilines is 2. The number of benzene rings is 2. The van der Waals surface area contributed by atoms with E-state index < -0.39 is 10.0 Å². The molecule has 1 amide bonds. The van der Waals surface area contributed by atoms with E-state index in [2.05, 4.69) is 11.8 Å². The lowest BCUT2D eigenvalue weighted by Gasteiger charge is -2.37. The molecule has 2 aromatic carbocycles. The summed E-state index contributed by atoms with van der Waals surface area (Å²) in [5, 5.41) is 0.701. The third-order valence-corrected chi connectivity index (χ3v) is 7.37. The standard InChI is InChI=1S/C23H28ClN3O5S/c1-17-5-6-18(24)14-20(17)25-10-12-26(13-11-25)23(28)4-3-9-27(33(2,29)30)19-7-8-21-22(15-19)32-16-31-21/h5-8,14-15H,3-4,9-13,16H2,1-2H3. The van der Waals surface area contributed by atoms with Gasteiger partial charge in [-0.3, -0.25) is 9.10 Å². The fourth-order valence-electron chi connectivity index (χ4n) is 4.18. The number of amides is 1. The third-order valence-electron chi connectivity index (χ3n) is 5.94. The van der Waals surface area contributed by atoms with Gasteiger partial charge in [-0.1, -0.05) is 17.7 Å². The fraction of sp³-hybridized carbons (Fsp3) is 0.435. The Morgan fingerprint density at radius 2 is 1.79 bits per heavy atom. The van der Waals surface area contributed by atoms with E-state index in [1.165, 1.54) is 4.31 Å². The molecule has 8 nitrogen and oxygen atoms in total. The molecule has 0 unspecified atom stereocenters. The first kappa shape index (κ1) is 23.5. The molecule has 0 aromatic heterocycles. The van der Waals surface area contributed by atoms with Crippen LogP contribution in [0.25, 0.3) is 0 Å². The van der Waals surface area contributed by atoms with Gasteiger partial charge in [0.05, 0.1) is 11.9 Å². The highest BCUT2D eigenvalue weighted by molar-refractivity contribution is 7.92. The molecule has 0 N–H and O–H groups in total. The van der Waals surface area contributed by atoms with Crippen molar-refractivity contribution in [1.82, 2.24) is 4.90 Å². The van der Waals surface area contributed by atoms with Crippen molar-refractivity contribution in [3.8, 4) is 11.5 Å². The van der Waals surface area contributed by atoms with Gasteiger partial charge in [0, 0.05) is 55.9 Å². The molecule has 2 aliphatic heterocycles. The molecule has 0 atom stereocenters. The van der Waals surface area contributed by atoms with E-state index in [4.69, 9.17) is 21.1 Å². The van der Waals surface area contributed by atoms with Gasteiger partial charge in [-0.15, -0.1) is 0 Å². The maximum atomic E-state index is 12.8. The van der Waals surface area contributed by atoms with Crippen LogP contribution in [-0.2, 0) is 14.8 Å². The highest BCUT2D eigenvalue weighted by Crippen LogP contribution is 2.36. The Morgan fingerprint density at radius 1 is 1.06 bits per heavy atom. The van der Waals surface area contributed by atoms with Crippen LogP contribution in [0.4, 0.5) is 11.4 Å². The summed E-state index contributed by atoms with van der Waals surface area (Å²) in [5.74, 6) is 1.15. The summed E-state index contributed by atoms with van der Waals surface area (Å²) in [7, 11) is -3.51. The minimum atomic E-state index is -3.51. The molecule has 33 heavy (non-hydrogen) atoms. The molecule has 2 aromatic rings. The number of carbonyl (C=O) groups is 1. The fourth-order valence-corrected chi connectivity index (χ4v) is 5.30. The Kier molecular flexibility index (Phi) is 6.90. The maximum absolute atomic E-state index is 12.8. The Bertz CT molecular complexity index is 1130. The number of fused-ring (bicyclic) bond motifs is 1. The minimum absolute atomic E-state index is 0.0385. The van der Waals surface area contributed by atoms with Gasteiger partial charge in [-0.2, -0.15) is 0 Å². The second-order valence-corrected chi connectivity index (χ2v) is 10.6. The number of piperazine rings is 1. The summed E-state index contributed by atoms with van der Waals surface area (Å²) in [5.41, 5.74) is 2.75. The van der Waals surface area contributed by atoms with Gasteiger partial charge >= 0.3 is 0 Å². The third kappa shape index (κ3) is 5.47. The van der Waals surface area contributed by atoms with Crippen molar-refractivity contribution in [2.45, 2.75) is 19.8 Å². The van der Waals surface area contributed by atoms with Crippen LogP contribution in [-0.4, -0.2) is 65.0 Å². The summed E-state index contributed by atoms with van der Waals surface area (Å²) in [6, 6.07) is 10.9. The van der Waals surface area contributed by atoms with E-state index in [1.807, 2.05) is 23.1 Å². The summed E-state index contributed by atoms with van der Waals surface area (Å²) >= 11 is 6.15. The molecule has 0 bridgehead atoms. The molecule has 0 spiro atoms. The van der Waals surface area contributed by atoms with Crippen LogP contribution in [0, 0.1) is 6.92 Å². The summed E-state index contributed by atoms with van der Waals surface area (Å²) < 4.78 is 36.7. The Hall–Kier alpha value is -2.65. The summed E-state index contributed by atoms with van der Waals surface area (Å²) in [6.07, 6.45) is 1.87. The smallest absolute Gasteiger partial charge is 0.232 e. The van der Waals surface area contributed by atoms with Gasteiger partial charge in [-0.25, -0.2) is 8.42 Å². The molecular formula is C23H28ClN3O5S. The average Bonchev–Trinajstić information content (AvgIpc) is 3.25. The van der Waals surface area contributed by atoms with Gasteiger partial charge in [0.15, 0.2) is 11.5 Å². The van der Waals surface area contributed by atoms with Gasteiger partial charge < -0.3 is 19.3 Å².